The normalized spacial score (nSPS) is 8.56. The van der Waals surface area contributed by atoms with E-state index in [0.29, 0.717) is 0 Å². The summed E-state index contributed by atoms with van der Waals surface area (Å²) in [5.41, 5.74) is 0. The van der Waals surface area contributed by atoms with E-state index in [-0.39, 0.29) is 0 Å². The molecule has 0 aliphatic carbocycles. The lowest BCUT2D eigenvalue weighted by Crippen LogP contribution is -2.15. The summed E-state index contributed by atoms with van der Waals surface area (Å²) in [6.07, 6.45) is 0. The van der Waals surface area contributed by atoms with Crippen molar-refractivity contribution < 1.29 is 24.9 Å². The van der Waals surface area contributed by atoms with Gasteiger partial charge in [0.05, 0.1) is 0 Å². The molecule has 0 saturated heterocycles. The van der Waals surface area contributed by atoms with Crippen LogP contribution in [-0.2, 0) is 14.5 Å². The molecule has 0 unspecified atom stereocenters. The van der Waals surface area contributed by atoms with E-state index < -0.39 is 17.7 Å². The van der Waals surface area contributed by atoms with Gasteiger partial charge in [0.2, 0.25) is 0 Å². The Labute approximate surface area is 48.8 Å². The van der Waals surface area contributed by atoms with E-state index in [4.69, 9.17) is 5.26 Å². The van der Waals surface area contributed by atoms with Crippen LogP contribution in [0.15, 0.2) is 0 Å². The molecule has 7 nitrogen and oxygen atoms in total. The minimum Gasteiger partial charge on any atom is -0.265 e. The largest absolute Gasteiger partial charge is 0.332 e. The predicted molar refractivity (Wildman–Crippen MR) is 21.7 cm³/mol. The minimum absolute atomic E-state index is 0.846. The Bertz CT molecular complexity index is 120. The van der Waals surface area contributed by atoms with Crippen molar-refractivity contribution >= 4 is 5.97 Å². The Morgan fingerprint density at radius 2 is 2.33 bits per heavy atom. The summed E-state index contributed by atoms with van der Waals surface area (Å²) < 4.78 is 0. The summed E-state index contributed by atoms with van der Waals surface area (Å²) in [4.78, 5) is 25.7. The molecule has 0 aromatic carbocycles. The van der Waals surface area contributed by atoms with Gasteiger partial charge in [0.15, 0.2) is 6.61 Å². The summed E-state index contributed by atoms with van der Waals surface area (Å²) in [5.74, 6) is -1.26. The van der Waals surface area contributed by atoms with Gasteiger partial charge in [-0.15, -0.1) is 10.1 Å². The molecule has 0 spiro atoms. The number of rotatable bonds is 3. The van der Waals surface area contributed by atoms with Gasteiger partial charge in [-0.3, -0.25) is 10.1 Å². The molecule has 0 rings (SSSR count). The fourth-order valence-electron chi connectivity index (χ4n) is 0.162. The summed E-state index contributed by atoms with van der Waals surface area (Å²) in [7, 11) is 0. The summed E-state index contributed by atoms with van der Waals surface area (Å²) in [6.45, 7) is -0.846. The summed E-state index contributed by atoms with van der Waals surface area (Å²) in [6, 6.07) is 0. The third-order valence-electron chi connectivity index (χ3n) is 0.359. The fraction of sp³-hybridized carbons (Fsp3) is 0.500. The van der Waals surface area contributed by atoms with Gasteiger partial charge < -0.3 is 0 Å². The SMILES string of the molecule is O=C(COO)O[N+](=O)[O-]. The van der Waals surface area contributed by atoms with E-state index in [1.54, 1.807) is 0 Å². The number of carbonyl (C=O) groups excluding carboxylic acids is 1. The van der Waals surface area contributed by atoms with Gasteiger partial charge in [-0.25, -0.2) is 9.73 Å². The van der Waals surface area contributed by atoms with Crippen LogP contribution in [0.25, 0.3) is 0 Å². The Balaban J connectivity index is 3.39. The predicted octanol–water partition coefficient (Wildman–Crippen LogP) is -0.789. The molecular formula is C2H3NO6. The molecule has 0 amide bonds. The van der Waals surface area contributed by atoms with Crippen molar-refractivity contribution in [1.29, 1.82) is 0 Å². The second-order valence-corrected chi connectivity index (χ2v) is 0.960. The first-order chi connectivity index (χ1) is 4.16. The van der Waals surface area contributed by atoms with Crippen LogP contribution in [0.5, 0.6) is 0 Å². The highest BCUT2D eigenvalue weighted by Crippen LogP contribution is 1.77. The van der Waals surface area contributed by atoms with Crippen LogP contribution in [0.4, 0.5) is 0 Å². The van der Waals surface area contributed by atoms with Crippen LogP contribution < -0.4 is 0 Å². The maximum absolute atomic E-state index is 9.90. The molecule has 0 atom stereocenters. The van der Waals surface area contributed by atoms with Crippen molar-refractivity contribution in [2.45, 2.75) is 0 Å². The van der Waals surface area contributed by atoms with Crippen molar-refractivity contribution in [1.82, 2.24) is 0 Å². The van der Waals surface area contributed by atoms with Crippen LogP contribution in [0, 0.1) is 10.1 Å². The van der Waals surface area contributed by atoms with E-state index in [9.17, 15) is 14.9 Å². The Kier molecular flexibility index (Phi) is 3.25. The molecule has 7 heteroatoms. The van der Waals surface area contributed by atoms with Crippen molar-refractivity contribution in [2.75, 3.05) is 6.61 Å². The molecule has 0 saturated carbocycles. The minimum atomic E-state index is -1.29. The second kappa shape index (κ2) is 3.75. The summed E-state index contributed by atoms with van der Waals surface area (Å²) >= 11 is 0. The van der Waals surface area contributed by atoms with Gasteiger partial charge in [0, 0.05) is 0 Å². The van der Waals surface area contributed by atoms with Crippen LogP contribution in [-0.4, -0.2) is 22.9 Å². The second-order valence-electron chi connectivity index (χ2n) is 0.960. The van der Waals surface area contributed by atoms with Crippen molar-refractivity contribution in [3.05, 3.63) is 10.1 Å². The van der Waals surface area contributed by atoms with Crippen LogP contribution >= 0.6 is 0 Å². The Morgan fingerprint density at radius 3 is 2.67 bits per heavy atom. The van der Waals surface area contributed by atoms with Crippen LogP contribution in [0.2, 0.25) is 0 Å². The van der Waals surface area contributed by atoms with Gasteiger partial charge in [-0.2, -0.15) is 0 Å². The van der Waals surface area contributed by atoms with E-state index in [0.717, 1.165) is 0 Å². The zero-order chi connectivity index (χ0) is 7.28. The molecule has 0 radical (unpaired) electrons. The first-order valence-electron chi connectivity index (χ1n) is 1.78. The zero-order valence-corrected chi connectivity index (χ0v) is 4.14. The molecule has 0 heterocycles. The molecule has 0 fully saturated rings. The van der Waals surface area contributed by atoms with Gasteiger partial charge in [-0.05, 0) is 0 Å². The lowest BCUT2D eigenvalue weighted by Gasteiger charge is -1.91. The third-order valence-corrected chi connectivity index (χ3v) is 0.359. The van der Waals surface area contributed by atoms with Crippen LogP contribution in [0.3, 0.4) is 0 Å². The Morgan fingerprint density at radius 1 is 1.78 bits per heavy atom. The molecule has 52 valence electrons. The monoisotopic (exact) mass is 137 g/mol. The van der Waals surface area contributed by atoms with E-state index >= 15 is 0 Å². The lowest BCUT2D eigenvalue weighted by atomic mass is 10.8. The van der Waals surface area contributed by atoms with Crippen molar-refractivity contribution in [2.24, 2.45) is 0 Å². The maximum atomic E-state index is 9.90. The highest BCUT2D eigenvalue weighted by Gasteiger charge is 2.05. The smallest absolute Gasteiger partial charge is 0.265 e. The highest BCUT2D eigenvalue weighted by molar-refractivity contribution is 5.69. The molecule has 1 N–H and O–H groups in total. The molecular weight excluding hydrogens is 134 g/mol. The highest BCUT2D eigenvalue weighted by atomic mass is 17.1. The zero-order valence-electron chi connectivity index (χ0n) is 4.14. The molecule has 0 aliphatic heterocycles. The lowest BCUT2D eigenvalue weighted by molar-refractivity contribution is -0.730. The first-order valence-corrected chi connectivity index (χ1v) is 1.78. The average molecular weight is 137 g/mol. The number of nitrogens with zero attached hydrogens (tertiary/aromatic N) is 1. The van der Waals surface area contributed by atoms with Crippen LogP contribution in [0.1, 0.15) is 0 Å². The quantitative estimate of drug-likeness (QED) is 0.311. The molecule has 0 aliphatic rings. The number of hydrogen-bond acceptors (Lipinski definition) is 6. The van der Waals surface area contributed by atoms with E-state index in [2.05, 4.69) is 9.73 Å². The molecule has 0 aromatic rings. The van der Waals surface area contributed by atoms with E-state index in [1.165, 1.54) is 0 Å². The first kappa shape index (κ1) is 7.79. The standard InChI is InChI=1S/C2H3NO6/c4-2(1-8-7)9-3(5)6/h7H,1H2. The van der Waals surface area contributed by atoms with Gasteiger partial charge >= 0.3 is 11.1 Å². The van der Waals surface area contributed by atoms with Crippen molar-refractivity contribution in [3.8, 4) is 0 Å². The maximum Gasteiger partial charge on any atom is 0.332 e. The van der Waals surface area contributed by atoms with Gasteiger partial charge in [0.25, 0.3) is 0 Å². The number of carbonyl (C=O) groups is 1. The summed E-state index contributed by atoms with van der Waals surface area (Å²) in [5, 5.41) is 15.5. The van der Waals surface area contributed by atoms with E-state index in [1.807, 2.05) is 0 Å². The molecule has 0 aromatic heterocycles. The van der Waals surface area contributed by atoms with Gasteiger partial charge in [0.1, 0.15) is 0 Å². The molecule has 9 heavy (non-hydrogen) atoms. The Hall–Kier alpha value is -1.21. The van der Waals surface area contributed by atoms with Crippen molar-refractivity contribution in [3.63, 3.8) is 0 Å². The molecule has 0 bridgehead atoms. The average Bonchev–Trinajstić information content (AvgIpc) is 1.63. The van der Waals surface area contributed by atoms with Gasteiger partial charge in [-0.1, -0.05) is 0 Å². The topological polar surface area (TPSA) is 98.9 Å². The third kappa shape index (κ3) is 4.65. The number of hydrogen-bond donors (Lipinski definition) is 1. The fourth-order valence-corrected chi connectivity index (χ4v) is 0.162.